The Balaban J connectivity index is 2.03. The Morgan fingerprint density at radius 3 is 2.28 bits per heavy atom. The van der Waals surface area contributed by atoms with Crippen LogP contribution in [0.5, 0.6) is 5.75 Å². The zero-order chi connectivity index (χ0) is 13.2. The van der Waals surface area contributed by atoms with E-state index < -0.39 is 5.60 Å². The van der Waals surface area contributed by atoms with Gasteiger partial charge in [-0.1, -0.05) is 54.1 Å². The zero-order valence-corrected chi connectivity index (χ0v) is 12.2. The van der Waals surface area contributed by atoms with Crippen LogP contribution in [0.15, 0.2) is 12.1 Å². The number of hydrogen-bond acceptors (Lipinski definition) is 2. The van der Waals surface area contributed by atoms with Crippen molar-refractivity contribution in [1.29, 1.82) is 0 Å². The van der Waals surface area contributed by atoms with Gasteiger partial charge in [0, 0.05) is 6.07 Å². The average Bonchev–Trinajstić information content (AvgIpc) is 2.33. The average molecular weight is 310 g/mol. The van der Waals surface area contributed by atoms with Gasteiger partial charge in [-0.05, 0) is 18.9 Å². The van der Waals surface area contributed by atoms with Crippen molar-refractivity contribution < 1.29 is 9.84 Å². The number of hydrogen-bond donors (Lipinski definition) is 1. The van der Waals surface area contributed by atoms with Crippen molar-refractivity contribution in [2.24, 2.45) is 0 Å². The van der Waals surface area contributed by atoms with E-state index in [0.717, 1.165) is 25.7 Å². The summed E-state index contributed by atoms with van der Waals surface area (Å²) >= 11 is 17.8. The molecule has 1 saturated carbocycles. The van der Waals surface area contributed by atoms with Gasteiger partial charge >= 0.3 is 0 Å². The van der Waals surface area contributed by atoms with Crippen LogP contribution in [0.2, 0.25) is 15.1 Å². The van der Waals surface area contributed by atoms with E-state index in [4.69, 9.17) is 39.5 Å². The molecule has 1 aromatic rings. The van der Waals surface area contributed by atoms with Crippen LogP contribution in [0.4, 0.5) is 0 Å². The molecule has 0 amide bonds. The normalized spacial score (nSPS) is 18.7. The van der Waals surface area contributed by atoms with Crippen LogP contribution in [-0.2, 0) is 0 Å². The number of ether oxygens (including phenoxy) is 1. The molecule has 100 valence electrons. The van der Waals surface area contributed by atoms with Gasteiger partial charge in [0.25, 0.3) is 0 Å². The lowest BCUT2D eigenvalue weighted by Crippen LogP contribution is -2.37. The van der Waals surface area contributed by atoms with Crippen LogP contribution in [0, 0.1) is 0 Å². The summed E-state index contributed by atoms with van der Waals surface area (Å²) in [6.45, 7) is 0.241. The fourth-order valence-electron chi connectivity index (χ4n) is 2.18. The first-order valence-electron chi connectivity index (χ1n) is 6.00. The van der Waals surface area contributed by atoms with E-state index >= 15 is 0 Å². The van der Waals surface area contributed by atoms with E-state index in [-0.39, 0.29) is 6.61 Å². The minimum Gasteiger partial charge on any atom is -0.489 e. The molecule has 0 atom stereocenters. The highest BCUT2D eigenvalue weighted by Crippen LogP contribution is 2.35. The third-order valence-corrected chi connectivity index (χ3v) is 4.27. The predicted molar refractivity (Wildman–Crippen MR) is 75.0 cm³/mol. The maximum atomic E-state index is 10.3. The van der Waals surface area contributed by atoms with E-state index in [1.807, 2.05) is 0 Å². The van der Waals surface area contributed by atoms with Crippen molar-refractivity contribution in [3.05, 3.63) is 27.2 Å². The number of halogens is 3. The van der Waals surface area contributed by atoms with Crippen LogP contribution in [0.3, 0.4) is 0 Å². The van der Waals surface area contributed by atoms with Gasteiger partial charge in [-0.25, -0.2) is 0 Å². The highest BCUT2D eigenvalue weighted by atomic mass is 35.5. The van der Waals surface area contributed by atoms with Gasteiger partial charge in [-0.15, -0.1) is 0 Å². The molecule has 1 aliphatic carbocycles. The van der Waals surface area contributed by atoms with Gasteiger partial charge in [0.15, 0.2) is 0 Å². The molecule has 2 rings (SSSR count). The van der Waals surface area contributed by atoms with Crippen molar-refractivity contribution in [2.75, 3.05) is 6.61 Å². The topological polar surface area (TPSA) is 29.5 Å². The van der Waals surface area contributed by atoms with E-state index in [1.165, 1.54) is 6.42 Å². The molecule has 1 fully saturated rings. The van der Waals surface area contributed by atoms with Crippen molar-refractivity contribution in [1.82, 2.24) is 0 Å². The van der Waals surface area contributed by atoms with Crippen LogP contribution in [0.25, 0.3) is 0 Å². The van der Waals surface area contributed by atoms with Crippen LogP contribution in [-0.4, -0.2) is 17.3 Å². The quantitative estimate of drug-likeness (QED) is 0.819. The molecule has 0 spiro atoms. The minimum absolute atomic E-state index is 0.241. The van der Waals surface area contributed by atoms with Crippen molar-refractivity contribution in [3.63, 3.8) is 0 Å². The van der Waals surface area contributed by atoms with Gasteiger partial charge in [0.1, 0.15) is 12.4 Å². The van der Waals surface area contributed by atoms with Gasteiger partial charge in [-0.3, -0.25) is 0 Å². The molecule has 0 unspecified atom stereocenters. The Morgan fingerprint density at radius 1 is 1.00 bits per heavy atom. The summed E-state index contributed by atoms with van der Waals surface area (Å²) < 4.78 is 5.59. The smallest absolute Gasteiger partial charge is 0.139 e. The molecule has 0 bridgehead atoms. The molecule has 1 aliphatic rings. The first-order chi connectivity index (χ1) is 8.50. The summed E-state index contributed by atoms with van der Waals surface area (Å²) in [6, 6.07) is 3.13. The maximum Gasteiger partial charge on any atom is 0.139 e. The Kier molecular flexibility index (Phi) is 4.65. The van der Waals surface area contributed by atoms with E-state index in [1.54, 1.807) is 12.1 Å². The SMILES string of the molecule is OC1(COc2cc(Cl)c(Cl)cc2Cl)CCCCC1. The molecule has 0 aliphatic heterocycles. The largest absolute Gasteiger partial charge is 0.489 e. The summed E-state index contributed by atoms with van der Waals surface area (Å²) in [5, 5.41) is 11.5. The van der Waals surface area contributed by atoms with Gasteiger partial charge in [0.2, 0.25) is 0 Å². The molecular formula is C13H15Cl3O2. The molecule has 0 saturated heterocycles. The second-order valence-corrected chi connectivity index (χ2v) is 5.99. The van der Waals surface area contributed by atoms with Crippen LogP contribution < -0.4 is 4.74 Å². The Morgan fingerprint density at radius 2 is 1.61 bits per heavy atom. The van der Waals surface area contributed by atoms with Crippen molar-refractivity contribution in [2.45, 2.75) is 37.7 Å². The molecule has 18 heavy (non-hydrogen) atoms. The fourth-order valence-corrected chi connectivity index (χ4v) is 2.77. The van der Waals surface area contributed by atoms with Crippen LogP contribution >= 0.6 is 34.8 Å². The number of benzene rings is 1. The summed E-state index contributed by atoms with van der Waals surface area (Å²) in [5.41, 5.74) is -0.742. The predicted octanol–water partition coefficient (Wildman–Crippen LogP) is 4.72. The third kappa shape index (κ3) is 3.45. The second-order valence-electron chi connectivity index (χ2n) is 4.77. The fraction of sp³-hybridized carbons (Fsp3) is 0.538. The minimum atomic E-state index is -0.742. The van der Waals surface area contributed by atoms with Gasteiger partial charge in [-0.2, -0.15) is 0 Å². The van der Waals surface area contributed by atoms with Gasteiger partial charge in [0.05, 0.1) is 20.7 Å². The Bertz CT molecular complexity index is 428. The molecule has 1 aromatic carbocycles. The number of rotatable bonds is 3. The third-order valence-electron chi connectivity index (χ3n) is 3.26. The molecule has 5 heteroatoms. The lowest BCUT2D eigenvalue weighted by Gasteiger charge is -2.31. The Hall–Kier alpha value is -0.150. The summed E-state index contributed by atoms with van der Waals surface area (Å²) in [5.74, 6) is 0.463. The standard InChI is InChI=1S/C13H15Cl3O2/c14-9-6-11(16)12(7-10(9)15)18-8-13(17)4-2-1-3-5-13/h6-7,17H,1-5,8H2. The lowest BCUT2D eigenvalue weighted by atomic mass is 9.85. The van der Waals surface area contributed by atoms with Crippen molar-refractivity contribution >= 4 is 34.8 Å². The van der Waals surface area contributed by atoms with Crippen molar-refractivity contribution in [3.8, 4) is 5.75 Å². The Labute approximate surface area is 122 Å². The molecule has 0 aromatic heterocycles. The first kappa shape index (κ1) is 14.3. The summed E-state index contributed by atoms with van der Waals surface area (Å²) in [7, 11) is 0. The highest BCUT2D eigenvalue weighted by Gasteiger charge is 2.30. The molecule has 0 heterocycles. The molecule has 2 nitrogen and oxygen atoms in total. The monoisotopic (exact) mass is 308 g/mol. The second kappa shape index (κ2) is 5.87. The van der Waals surface area contributed by atoms with E-state index in [9.17, 15) is 5.11 Å². The summed E-state index contributed by atoms with van der Waals surface area (Å²) in [4.78, 5) is 0. The van der Waals surface area contributed by atoms with E-state index in [2.05, 4.69) is 0 Å². The number of aliphatic hydroxyl groups is 1. The molecular weight excluding hydrogens is 295 g/mol. The van der Waals surface area contributed by atoms with Gasteiger partial charge < -0.3 is 9.84 Å². The van der Waals surface area contributed by atoms with E-state index in [0.29, 0.717) is 20.8 Å². The van der Waals surface area contributed by atoms with Crippen LogP contribution in [0.1, 0.15) is 32.1 Å². The first-order valence-corrected chi connectivity index (χ1v) is 7.13. The molecule has 0 radical (unpaired) electrons. The summed E-state index contributed by atoms with van der Waals surface area (Å²) in [6.07, 6.45) is 4.79. The zero-order valence-electron chi connectivity index (χ0n) is 9.89. The molecule has 1 N–H and O–H groups in total. The maximum absolute atomic E-state index is 10.3. The lowest BCUT2D eigenvalue weighted by molar-refractivity contribution is -0.0338. The highest BCUT2D eigenvalue weighted by molar-refractivity contribution is 6.43.